The summed E-state index contributed by atoms with van der Waals surface area (Å²) in [5, 5.41) is 13.4. The van der Waals surface area contributed by atoms with E-state index in [1.165, 1.54) is 0 Å². The van der Waals surface area contributed by atoms with Crippen LogP contribution in [0.25, 0.3) is 0 Å². The molecule has 0 amide bonds. The minimum Gasteiger partial charge on any atom is -0.453 e. The van der Waals surface area contributed by atoms with Gasteiger partial charge in [0.2, 0.25) is 0 Å². The standard InChI is InChI=1S/C15H17N3O/c1-4-13-15(14(5-2)18(3)17-13)19-12-8-6-7-11(9-12)10-16/h6-9H,4-5H2,1-3H3. The lowest BCUT2D eigenvalue weighted by Crippen LogP contribution is -1.97. The molecule has 1 aromatic carbocycles. The highest BCUT2D eigenvalue weighted by Gasteiger charge is 2.15. The summed E-state index contributed by atoms with van der Waals surface area (Å²) in [5.74, 6) is 1.50. The second kappa shape index (κ2) is 5.57. The van der Waals surface area contributed by atoms with Crippen LogP contribution in [0.5, 0.6) is 11.5 Å². The quantitative estimate of drug-likeness (QED) is 0.843. The van der Waals surface area contributed by atoms with Gasteiger partial charge in [-0.15, -0.1) is 0 Å². The van der Waals surface area contributed by atoms with Gasteiger partial charge in [-0.25, -0.2) is 0 Å². The van der Waals surface area contributed by atoms with Crippen LogP contribution in [0.15, 0.2) is 24.3 Å². The molecule has 0 atom stereocenters. The summed E-state index contributed by atoms with van der Waals surface area (Å²) in [5.41, 5.74) is 2.61. The molecule has 0 aliphatic rings. The zero-order valence-corrected chi connectivity index (χ0v) is 11.5. The summed E-state index contributed by atoms with van der Waals surface area (Å²) < 4.78 is 7.81. The SMILES string of the molecule is CCc1nn(C)c(CC)c1Oc1cccc(C#N)c1. The lowest BCUT2D eigenvalue weighted by molar-refractivity contribution is 0.469. The number of nitriles is 1. The lowest BCUT2D eigenvalue weighted by atomic mass is 10.2. The summed E-state index contributed by atoms with van der Waals surface area (Å²) in [4.78, 5) is 0. The Morgan fingerprint density at radius 3 is 2.74 bits per heavy atom. The number of hydrogen-bond acceptors (Lipinski definition) is 3. The third kappa shape index (κ3) is 2.60. The monoisotopic (exact) mass is 255 g/mol. The van der Waals surface area contributed by atoms with Gasteiger partial charge < -0.3 is 4.74 Å². The second-order valence-corrected chi connectivity index (χ2v) is 4.29. The highest BCUT2D eigenvalue weighted by atomic mass is 16.5. The molecule has 98 valence electrons. The first-order valence-electron chi connectivity index (χ1n) is 6.42. The number of aryl methyl sites for hydroxylation is 2. The van der Waals surface area contributed by atoms with Crippen LogP contribution < -0.4 is 4.74 Å². The molecule has 4 nitrogen and oxygen atoms in total. The predicted molar refractivity (Wildman–Crippen MR) is 73.2 cm³/mol. The number of hydrogen-bond donors (Lipinski definition) is 0. The first-order valence-corrected chi connectivity index (χ1v) is 6.42. The highest BCUT2D eigenvalue weighted by Crippen LogP contribution is 2.30. The molecule has 0 spiro atoms. The molecule has 0 radical (unpaired) electrons. The zero-order valence-electron chi connectivity index (χ0n) is 11.5. The molecular weight excluding hydrogens is 238 g/mol. The van der Waals surface area contributed by atoms with E-state index in [4.69, 9.17) is 10.00 Å². The first-order chi connectivity index (χ1) is 9.19. The molecule has 19 heavy (non-hydrogen) atoms. The van der Waals surface area contributed by atoms with Crippen molar-refractivity contribution in [2.45, 2.75) is 26.7 Å². The largest absolute Gasteiger partial charge is 0.453 e. The molecule has 0 N–H and O–H groups in total. The minimum atomic E-state index is 0.595. The van der Waals surface area contributed by atoms with Gasteiger partial charge in [0.15, 0.2) is 5.75 Å². The Hall–Kier alpha value is -2.28. The van der Waals surface area contributed by atoms with Crippen molar-refractivity contribution < 1.29 is 4.74 Å². The third-order valence-corrected chi connectivity index (χ3v) is 3.04. The number of aromatic nitrogens is 2. The Morgan fingerprint density at radius 1 is 1.32 bits per heavy atom. The van der Waals surface area contributed by atoms with Crippen molar-refractivity contribution in [3.8, 4) is 17.6 Å². The topological polar surface area (TPSA) is 50.8 Å². The van der Waals surface area contributed by atoms with E-state index in [0.29, 0.717) is 11.3 Å². The zero-order chi connectivity index (χ0) is 13.8. The number of nitrogens with zero attached hydrogens (tertiary/aromatic N) is 3. The fraction of sp³-hybridized carbons (Fsp3) is 0.333. The Bertz CT molecular complexity index is 623. The molecule has 1 aromatic heterocycles. The Morgan fingerprint density at radius 2 is 2.11 bits per heavy atom. The van der Waals surface area contributed by atoms with Crippen LogP contribution in [0.2, 0.25) is 0 Å². The number of ether oxygens (including phenoxy) is 1. The van der Waals surface area contributed by atoms with E-state index in [0.717, 1.165) is 30.0 Å². The molecule has 2 aromatic rings. The highest BCUT2D eigenvalue weighted by molar-refractivity contribution is 5.42. The predicted octanol–water partition coefficient (Wildman–Crippen LogP) is 3.21. The summed E-state index contributed by atoms with van der Waals surface area (Å²) >= 11 is 0. The van der Waals surface area contributed by atoms with E-state index in [1.807, 2.05) is 23.9 Å². The average molecular weight is 255 g/mol. The van der Waals surface area contributed by atoms with E-state index < -0.39 is 0 Å². The van der Waals surface area contributed by atoms with Crippen LogP contribution in [-0.2, 0) is 19.9 Å². The van der Waals surface area contributed by atoms with Gasteiger partial charge >= 0.3 is 0 Å². The van der Waals surface area contributed by atoms with Gasteiger partial charge in [-0.3, -0.25) is 4.68 Å². The third-order valence-electron chi connectivity index (χ3n) is 3.04. The molecular formula is C15H17N3O. The molecule has 0 bridgehead atoms. The van der Waals surface area contributed by atoms with Crippen LogP contribution in [0.3, 0.4) is 0 Å². The molecule has 0 aliphatic heterocycles. The first kappa shape index (κ1) is 13.2. The summed E-state index contributed by atoms with van der Waals surface area (Å²) in [6, 6.07) is 9.29. The van der Waals surface area contributed by atoms with E-state index in [2.05, 4.69) is 25.0 Å². The molecule has 0 aliphatic carbocycles. The fourth-order valence-corrected chi connectivity index (χ4v) is 2.09. The van der Waals surface area contributed by atoms with Crippen LogP contribution in [0.4, 0.5) is 0 Å². The smallest absolute Gasteiger partial charge is 0.171 e. The van der Waals surface area contributed by atoms with Gasteiger partial charge in [-0.1, -0.05) is 19.9 Å². The van der Waals surface area contributed by atoms with Gasteiger partial charge in [-0.2, -0.15) is 10.4 Å². The van der Waals surface area contributed by atoms with Gasteiger partial charge in [0.05, 0.1) is 17.3 Å². The molecule has 0 saturated heterocycles. The summed E-state index contributed by atoms with van der Waals surface area (Å²) in [7, 11) is 1.93. The maximum atomic E-state index is 8.91. The molecule has 1 heterocycles. The molecule has 0 unspecified atom stereocenters. The van der Waals surface area contributed by atoms with Gasteiger partial charge in [0.25, 0.3) is 0 Å². The van der Waals surface area contributed by atoms with E-state index in [1.54, 1.807) is 12.1 Å². The van der Waals surface area contributed by atoms with Gasteiger partial charge in [0.1, 0.15) is 11.4 Å². The maximum absolute atomic E-state index is 8.91. The molecule has 4 heteroatoms. The van der Waals surface area contributed by atoms with Crippen molar-refractivity contribution in [1.29, 1.82) is 5.26 Å². The van der Waals surface area contributed by atoms with E-state index >= 15 is 0 Å². The number of rotatable bonds is 4. The van der Waals surface area contributed by atoms with Crippen molar-refractivity contribution in [2.75, 3.05) is 0 Å². The lowest BCUT2D eigenvalue weighted by Gasteiger charge is -2.08. The molecule has 2 rings (SSSR count). The van der Waals surface area contributed by atoms with Crippen LogP contribution in [-0.4, -0.2) is 9.78 Å². The van der Waals surface area contributed by atoms with Crippen LogP contribution in [0.1, 0.15) is 30.8 Å². The maximum Gasteiger partial charge on any atom is 0.171 e. The number of benzene rings is 1. The van der Waals surface area contributed by atoms with Crippen molar-refractivity contribution in [2.24, 2.45) is 7.05 Å². The van der Waals surface area contributed by atoms with Crippen molar-refractivity contribution in [1.82, 2.24) is 9.78 Å². The molecule has 0 saturated carbocycles. The molecule has 0 fully saturated rings. The Labute approximate surface area is 113 Å². The fourth-order valence-electron chi connectivity index (χ4n) is 2.09. The Kier molecular flexibility index (Phi) is 3.86. The Balaban J connectivity index is 2.39. The summed E-state index contributed by atoms with van der Waals surface area (Å²) in [6.07, 6.45) is 1.68. The van der Waals surface area contributed by atoms with Gasteiger partial charge in [-0.05, 0) is 31.0 Å². The van der Waals surface area contributed by atoms with Crippen LogP contribution in [0, 0.1) is 11.3 Å². The van der Waals surface area contributed by atoms with Crippen LogP contribution >= 0.6 is 0 Å². The van der Waals surface area contributed by atoms with E-state index in [-0.39, 0.29) is 0 Å². The van der Waals surface area contributed by atoms with Crippen molar-refractivity contribution >= 4 is 0 Å². The average Bonchev–Trinajstić information content (AvgIpc) is 2.74. The minimum absolute atomic E-state index is 0.595. The van der Waals surface area contributed by atoms with E-state index in [9.17, 15) is 0 Å². The normalized spacial score (nSPS) is 10.2. The van der Waals surface area contributed by atoms with Gasteiger partial charge in [0, 0.05) is 7.05 Å². The second-order valence-electron chi connectivity index (χ2n) is 4.29. The van der Waals surface area contributed by atoms with Crippen molar-refractivity contribution in [3.63, 3.8) is 0 Å². The van der Waals surface area contributed by atoms with Crippen molar-refractivity contribution in [3.05, 3.63) is 41.2 Å². The summed E-state index contributed by atoms with van der Waals surface area (Å²) in [6.45, 7) is 4.13.